The maximum atomic E-state index is 13.1. The van der Waals surface area contributed by atoms with Crippen LogP contribution in [0, 0.1) is 6.92 Å². The predicted octanol–water partition coefficient (Wildman–Crippen LogP) is 3.45. The molecular formula is C24H24N4O5S. The van der Waals surface area contributed by atoms with E-state index in [0.717, 1.165) is 11.1 Å². The molecule has 0 bridgehead atoms. The number of benzene rings is 2. The number of fused-ring (bicyclic) bond motifs is 1. The lowest BCUT2D eigenvalue weighted by Crippen LogP contribution is -2.36. The largest absolute Gasteiger partial charge is 0.497 e. The van der Waals surface area contributed by atoms with Crippen LogP contribution in [0.2, 0.25) is 0 Å². The molecule has 0 aliphatic carbocycles. The Labute approximate surface area is 200 Å². The number of nitrogens with zero attached hydrogens (tertiary/aromatic N) is 1. The van der Waals surface area contributed by atoms with E-state index in [9.17, 15) is 14.4 Å². The fourth-order valence-corrected chi connectivity index (χ4v) is 4.43. The van der Waals surface area contributed by atoms with E-state index in [-0.39, 0.29) is 17.8 Å². The highest BCUT2D eigenvalue weighted by molar-refractivity contribution is 7.98. The predicted molar refractivity (Wildman–Crippen MR) is 130 cm³/mol. The summed E-state index contributed by atoms with van der Waals surface area (Å²) in [4.78, 5) is 45.6. The summed E-state index contributed by atoms with van der Waals surface area (Å²) in [6, 6.07) is 13.0. The average Bonchev–Trinajstić information content (AvgIpc) is 2.82. The van der Waals surface area contributed by atoms with Gasteiger partial charge in [-0.05, 0) is 24.6 Å². The van der Waals surface area contributed by atoms with E-state index >= 15 is 0 Å². The van der Waals surface area contributed by atoms with Gasteiger partial charge in [-0.15, -0.1) is 0 Å². The van der Waals surface area contributed by atoms with Gasteiger partial charge < -0.3 is 25.1 Å². The molecule has 10 heteroatoms. The Hall–Kier alpha value is -3.79. The van der Waals surface area contributed by atoms with Crippen LogP contribution in [0.25, 0.3) is 0 Å². The van der Waals surface area contributed by atoms with Gasteiger partial charge in [-0.1, -0.05) is 41.6 Å². The summed E-state index contributed by atoms with van der Waals surface area (Å²) < 4.78 is 10.5. The number of thioether (sulfide) groups is 1. The van der Waals surface area contributed by atoms with Gasteiger partial charge in [0.05, 0.1) is 31.4 Å². The van der Waals surface area contributed by atoms with E-state index in [4.69, 9.17) is 9.47 Å². The number of aryl methyl sites for hydroxylation is 1. The van der Waals surface area contributed by atoms with Crippen LogP contribution >= 0.6 is 11.8 Å². The zero-order valence-electron chi connectivity index (χ0n) is 18.9. The summed E-state index contributed by atoms with van der Waals surface area (Å²) in [7, 11) is 2.99. The van der Waals surface area contributed by atoms with Crippen molar-refractivity contribution in [3.8, 4) is 11.5 Å². The number of ether oxygens (including phenoxy) is 2. The van der Waals surface area contributed by atoms with Gasteiger partial charge >= 0.3 is 0 Å². The van der Waals surface area contributed by atoms with Crippen molar-refractivity contribution in [3.63, 3.8) is 0 Å². The minimum atomic E-state index is -1.01. The molecule has 34 heavy (non-hydrogen) atoms. The number of rotatable bonds is 7. The maximum absolute atomic E-state index is 13.1. The molecule has 0 saturated carbocycles. The number of amides is 2. The number of methoxy groups -OCH3 is 2. The molecule has 0 radical (unpaired) electrons. The average molecular weight is 481 g/mol. The SMILES string of the molecule is COc1ccc(OC)c(NC(=O)[C@@H]2CC(=O)Nc3nc(SCc4ccc(C)cc4)[nH]c(=O)c32)c1. The number of carbonyl (C=O) groups is 2. The summed E-state index contributed by atoms with van der Waals surface area (Å²) in [5, 5.41) is 5.74. The third-order valence-electron chi connectivity index (χ3n) is 5.41. The molecule has 1 aliphatic rings. The molecule has 1 atom stereocenters. The molecule has 2 aromatic carbocycles. The van der Waals surface area contributed by atoms with Crippen LogP contribution < -0.4 is 25.7 Å². The zero-order valence-corrected chi connectivity index (χ0v) is 19.7. The van der Waals surface area contributed by atoms with Crippen LogP contribution in [0.3, 0.4) is 0 Å². The summed E-state index contributed by atoms with van der Waals surface area (Å²) in [6.07, 6.45) is -0.175. The minimum absolute atomic E-state index is 0.101. The first-order valence-electron chi connectivity index (χ1n) is 10.5. The van der Waals surface area contributed by atoms with Gasteiger partial charge in [-0.3, -0.25) is 14.4 Å². The first-order valence-corrected chi connectivity index (χ1v) is 11.5. The molecule has 9 nitrogen and oxygen atoms in total. The Morgan fingerprint density at radius 2 is 1.91 bits per heavy atom. The topological polar surface area (TPSA) is 122 Å². The van der Waals surface area contributed by atoms with Crippen molar-refractivity contribution in [3.05, 3.63) is 69.5 Å². The van der Waals surface area contributed by atoms with Crippen LogP contribution in [-0.2, 0) is 15.3 Å². The van der Waals surface area contributed by atoms with E-state index in [1.165, 1.54) is 26.0 Å². The second-order valence-electron chi connectivity index (χ2n) is 7.77. The highest BCUT2D eigenvalue weighted by Crippen LogP contribution is 2.33. The third-order valence-corrected chi connectivity index (χ3v) is 6.35. The number of carbonyl (C=O) groups excluding carboxylic acids is 2. The smallest absolute Gasteiger partial charge is 0.257 e. The van der Waals surface area contributed by atoms with Crippen molar-refractivity contribution in [1.29, 1.82) is 0 Å². The Balaban J connectivity index is 1.58. The summed E-state index contributed by atoms with van der Waals surface area (Å²) in [6.45, 7) is 2.01. The first-order chi connectivity index (χ1) is 16.4. The van der Waals surface area contributed by atoms with Gasteiger partial charge in [0.1, 0.15) is 17.3 Å². The monoisotopic (exact) mass is 480 g/mol. The van der Waals surface area contributed by atoms with E-state index in [0.29, 0.717) is 28.1 Å². The maximum Gasteiger partial charge on any atom is 0.257 e. The molecule has 2 amide bonds. The Morgan fingerprint density at radius 3 is 2.62 bits per heavy atom. The highest BCUT2D eigenvalue weighted by atomic mass is 32.2. The van der Waals surface area contributed by atoms with Gasteiger partial charge in [0.2, 0.25) is 11.8 Å². The van der Waals surface area contributed by atoms with Crippen molar-refractivity contribution in [2.45, 2.75) is 30.2 Å². The number of anilines is 2. The highest BCUT2D eigenvalue weighted by Gasteiger charge is 2.35. The van der Waals surface area contributed by atoms with Gasteiger partial charge in [-0.2, -0.15) is 0 Å². The molecule has 3 N–H and O–H groups in total. The number of aromatic amines is 1. The normalized spacial score (nSPS) is 14.7. The zero-order chi connectivity index (χ0) is 24.2. The Kier molecular flexibility index (Phi) is 6.87. The molecule has 2 heterocycles. The van der Waals surface area contributed by atoms with E-state index in [1.54, 1.807) is 18.2 Å². The fourth-order valence-electron chi connectivity index (χ4n) is 3.61. The third kappa shape index (κ3) is 5.07. The Bertz CT molecular complexity index is 1290. The summed E-state index contributed by atoms with van der Waals surface area (Å²) in [5.41, 5.74) is 2.26. The number of nitrogens with one attached hydrogen (secondary N) is 3. The van der Waals surface area contributed by atoms with Gasteiger partial charge in [0.15, 0.2) is 5.16 Å². The van der Waals surface area contributed by atoms with Gasteiger partial charge in [0, 0.05) is 18.2 Å². The molecule has 4 rings (SSSR count). The van der Waals surface area contributed by atoms with Crippen molar-refractivity contribution in [2.75, 3.05) is 24.9 Å². The molecule has 1 aliphatic heterocycles. The lowest BCUT2D eigenvalue weighted by atomic mass is 9.92. The van der Waals surface area contributed by atoms with Crippen molar-refractivity contribution >= 4 is 35.1 Å². The van der Waals surface area contributed by atoms with Gasteiger partial charge in [0.25, 0.3) is 5.56 Å². The van der Waals surface area contributed by atoms with Crippen molar-refractivity contribution in [2.24, 2.45) is 0 Å². The minimum Gasteiger partial charge on any atom is -0.497 e. The molecule has 0 spiro atoms. The van der Waals surface area contributed by atoms with E-state index in [1.807, 2.05) is 31.2 Å². The van der Waals surface area contributed by atoms with E-state index < -0.39 is 23.3 Å². The van der Waals surface area contributed by atoms with Gasteiger partial charge in [-0.25, -0.2) is 4.98 Å². The number of hydrogen-bond donors (Lipinski definition) is 3. The van der Waals surface area contributed by atoms with Crippen LogP contribution in [0.15, 0.2) is 52.4 Å². The van der Waals surface area contributed by atoms with E-state index in [2.05, 4.69) is 20.6 Å². The number of H-pyrrole nitrogens is 1. The summed E-state index contributed by atoms with van der Waals surface area (Å²) >= 11 is 1.34. The number of hydrogen-bond acceptors (Lipinski definition) is 7. The second kappa shape index (κ2) is 10.0. The molecular weight excluding hydrogens is 456 g/mol. The van der Waals surface area contributed by atoms with Crippen molar-refractivity contribution < 1.29 is 19.1 Å². The first kappa shape index (κ1) is 23.4. The molecule has 0 fully saturated rings. The quantitative estimate of drug-likeness (QED) is 0.350. The second-order valence-corrected chi connectivity index (χ2v) is 8.73. The van der Waals surface area contributed by atoms with Crippen LogP contribution in [0.5, 0.6) is 11.5 Å². The molecule has 0 unspecified atom stereocenters. The standard InChI is InChI=1S/C24H24N4O5S/c1-13-4-6-14(7-5-13)12-34-24-27-21-20(23(31)28-24)16(11-19(29)26-21)22(30)25-17-10-15(32-2)8-9-18(17)33-3/h4-10,16H,11-12H2,1-3H3,(H,25,30)(H2,26,27,28,29,31)/t16-/m1/s1. The summed E-state index contributed by atoms with van der Waals surface area (Å²) in [5.74, 6) is -0.281. The molecule has 176 valence electrons. The fraction of sp³-hybridized carbons (Fsp3) is 0.250. The van der Waals surface area contributed by atoms with Crippen LogP contribution in [-0.4, -0.2) is 36.0 Å². The molecule has 0 saturated heterocycles. The van der Waals surface area contributed by atoms with Crippen molar-refractivity contribution in [1.82, 2.24) is 9.97 Å². The Morgan fingerprint density at radius 1 is 1.15 bits per heavy atom. The lowest BCUT2D eigenvalue weighted by molar-refractivity contribution is -0.123. The number of aromatic nitrogens is 2. The van der Waals surface area contributed by atoms with Crippen LogP contribution in [0.1, 0.15) is 29.0 Å². The molecule has 3 aromatic rings. The lowest BCUT2D eigenvalue weighted by Gasteiger charge is -2.24. The van der Waals surface area contributed by atoms with Crippen LogP contribution in [0.4, 0.5) is 11.5 Å². The molecule has 1 aromatic heterocycles.